The Morgan fingerprint density at radius 3 is 2.19 bits per heavy atom. The van der Waals surface area contributed by atoms with Gasteiger partial charge in [0.15, 0.2) is 16.6 Å². The van der Waals surface area contributed by atoms with Crippen LogP contribution in [0.25, 0.3) is 0 Å². The Kier molecular flexibility index (Phi) is 15.4. The summed E-state index contributed by atoms with van der Waals surface area (Å²) in [5.41, 5.74) is 3.11. The molecule has 3 saturated carbocycles. The minimum absolute atomic E-state index is 0.0219. The number of aliphatic hydroxyl groups excluding tert-OH is 1. The molecule has 7 atom stereocenters. The highest BCUT2D eigenvalue weighted by Gasteiger charge is 2.50. The molecule has 1 N–H and O–H groups in total. The normalized spacial score (nSPS) is 29.1. The highest BCUT2D eigenvalue weighted by atomic mass is 28.4. The first kappa shape index (κ1) is 45.9. The van der Waals surface area contributed by atoms with Crippen molar-refractivity contribution in [3.05, 3.63) is 47.6 Å². The summed E-state index contributed by atoms with van der Waals surface area (Å²) in [4.78, 5) is 12.3. The number of aliphatic hydroxyl groups is 1. The predicted octanol–water partition coefficient (Wildman–Crippen LogP) is 12.9. The van der Waals surface area contributed by atoms with E-state index in [0.29, 0.717) is 18.4 Å². The van der Waals surface area contributed by atoms with Gasteiger partial charge in [0.25, 0.3) is 0 Å². The third-order valence-electron chi connectivity index (χ3n) is 14.0. The van der Waals surface area contributed by atoms with E-state index < -0.39 is 34.5 Å². The molecule has 0 aromatic carbocycles. The first-order chi connectivity index (χ1) is 24.3. The Labute approximate surface area is 327 Å². The number of unbranched alkanes of at least 4 members (excludes halogenated alkanes) is 2. The average molecular weight is 773 g/mol. The van der Waals surface area contributed by atoms with Crippen LogP contribution in [-0.4, -0.2) is 58.4 Å². The van der Waals surface area contributed by atoms with Crippen LogP contribution >= 0.6 is 0 Å². The van der Waals surface area contributed by atoms with Crippen molar-refractivity contribution in [1.29, 1.82) is 0 Å². The van der Waals surface area contributed by atoms with E-state index >= 15 is 0 Å². The molecule has 0 aromatic rings. The Morgan fingerprint density at radius 2 is 1.58 bits per heavy atom. The summed E-state index contributed by atoms with van der Waals surface area (Å²) in [5, 5.41) is 11.3. The molecule has 53 heavy (non-hydrogen) atoms. The molecule has 0 radical (unpaired) electrons. The number of hydrogen-bond acceptors (Lipinski definition) is 6. The largest absolute Gasteiger partial charge is 0.508 e. The zero-order valence-electron chi connectivity index (χ0n) is 36.7. The molecule has 0 aromatic heterocycles. The van der Waals surface area contributed by atoms with Gasteiger partial charge in [-0.2, -0.15) is 0 Å². The van der Waals surface area contributed by atoms with Crippen LogP contribution in [0.3, 0.4) is 0 Å². The molecule has 0 unspecified atom stereocenters. The van der Waals surface area contributed by atoms with Crippen molar-refractivity contribution in [2.24, 2.45) is 23.2 Å². The minimum atomic E-state index is -2.03. The molecule has 8 heteroatoms. The number of hydrogen-bond donors (Lipinski definition) is 1. The molecule has 304 valence electrons. The van der Waals surface area contributed by atoms with Gasteiger partial charge in [0.2, 0.25) is 0 Å². The van der Waals surface area contributed by atoms with Gasteiger partial charge in [-0.15, -0.1) is 0 Å². The van der Waals surface area contributed by atoms with E-state index in [1.807, 2.05) is 6.08 Å². The van der Waals surface area contributed by atoms with Gasteiger partial charge in [0.05, 0.1) is 18.8 Å². The van der Waals surface area contributed by atoms with Crippen LogP contribution < -0.4 is 0 Å². The topological polar surface area (TPSA) is 74.2 Å². The van der Waals surface area contributed by atoms with Crippen molar-refractivity contribution in [3.8, 4) is 0 Å². The van der Waals surface area contributed by atoms with Gasteiger partial charge in [0, 0.05) is 6.42 Å². The second-order valence-electron chi connectivity index (χ2n) is 20.6. The molecule has 0 aliphatic heterocycles. The van der Waals surface area contributed by atoms with E-state index in [1.54, 1.807) is 19.4 Å². The van der Waals surface area contributed by atoms with E-state index in [9.17, 15) is 9.90 Å². The number of fused-ring (bicyclic) bond motifs is 1. The number of carbonyl (C=O) groups is 1. The lowest BCUT2D eigenvalue weighted by molar-refractivity contribution is -0.0671. The SMILES string of the molecule is C=C1C(=CC=C2CCC[C@]3(C)[C@@H]([C@H](C)C=C[C@H](O)C(C)(C)OC(=O)OCCCCC)CC[C@@H]23)C[C@@H](O[Si](C)(C)C(C)(C)C)C[C@@H]1O[Si](C)(C)C(C)(C)C. The van der Waals surface area contributed by atoms with Gasteiger partial charge in [-0.05, 0) is 129 Å². The summed E-state index contributed by atoms with van der Waals surface area (Å²) in [6, 6.07) is 0. The molecule has 3 aliphatic rings. The molecule has 0 saturated heterocycles. The summed E-state index contributed by atoms with van der Waals surface area (Å²) in [6.45, 7) is 38.7. The fourth-order valence-electron chi connectivity index (χ4n) is 8.37. The third kappa shape index (κ3) is 11.6. The first-order valence-corrected chi connectivity index (χ1v) is 26.7. The summed E-state index contributed by atoms with van der Waals surface area (Å²) < 4.78 is 25.0. The van der Waals surface area contributed by atoms with E-state index in [0.717, 1.165) is 50.5 Å². The Hall–Kier alpha value is -1.46. The lowest BCUT2D eigenvalue weighted by atomic mass is 9.61. The lowest BCUT2D eigenvalue weighted by Crippen LogP contribution is -2.49. The number of carbonyl (C=O) groups excluding carboxylic acids is 1. The van der Waals surface area contributed by atoms with Crippen molar-refractivity contribution in [1.82, 2.24) is 0 Å². The van der Waals surface area contributed by atoms with Gasteiger partial charge in [-0.25, -0.2) is 4.79 Å². The van der Waals surface area contributed by atoms with Crippen LogP contribution in [0.2, 0.25) is 36.3 Å². The standard InChI is InChI=1S/C45H80O6Si2/c1-17-18-19-29-48-41(47)49-44(10,11)40(46)27-22-32(2)37-25-26-38-34(21-20-28-45(37,38)12)23-24-35-30-36(50-52(13,14)42(4,5)6)31-39(33(35)3)51-53(15,16)43(7,8)9/h22-24,27,32,36-40,46H,3,17-21,25-26,28-31H2,1-2,4-16H3/t32-,36-,37-,38+,39+,40+,45-/m1/s1. The fourth-order valence-corrected chi connectivity index (χ4v) is 11.0. The monoisotopic (exact) mass is 773 g/mol. The molecule has 0 amide bonds. The molecule has 0 bridgehead atoms. The van der Waals surface area contributed by atoms with Gasteiger partial charge in [0.1, 0.15) is 11.7 Å². The lowest BCUT2D eigenvalue weighted by Gasteiger charge is -2.45. The molecule has 0 heterocycles. The summed E-state index contributed by atoms with van der Waals surface area (Å²) >= 11 is 0. The minimum Gasteiger partial charge on any atom is -0.434 e. The fraction of sp³-hybridized carbons (Fsp3) is 0.800. The van der Waals surface area contributed by atoms with Crippen molar-refractivity contribution in [2.75, 3.05) is 6.61 Å². The van der Waals surface area contributed by atoms with Crippen molar-refractivity contribution < 1.29 is 28.2 Å². The number of ether oxygens (including phenoxy) is 2. The summed E-state index contributed by atoms with van der Waals surface area (Å²) in [7, 11) is -4.00. The first-order valence-electron chi connectivity index (χ1n) is 20.9. The van der Waals surface area contributed by atoms with Gasteiger partial charge in [-0.3, -0.25) is 0 Å². The van der Waals surface area contributed by atoms with Crippen molar-refractivity contribution >= 4 is 22.8 Å². The highest BCUT2D eigenvalue weighted by molar-refractivity contribution is 6.74. The molecular formula is C45H80O6Si2. The van der Waals surface area contributed by atoms with Gasteiger partial charge < -0.3 is 23.4 Å². The van der Waals surface area contributed by atoms with Crippen LogP contribution in [0.4, 0.5) is 4.79 Å². The molecule has 3 rings (SSSR count). The molecule has 3 fully saturated rings. The summed E-state index contributed by atoms with van der Waals surface area (Å²) in [6.07, 6.45) is 17.8. The average Bonchev–Trinajstić information content (AvgIpc) is 3.38. The second-order valence-corrected chi connectivity index (χ2v) is 30.1. The number of allylic oxidation sites excluding steroid dienone is 4. The number of rotatable bonds is 14. The Balaban J connectivity index is 1.80. The maximum Gasteiger partial charge on any atom is 0.508 e. The van der Waals surface area contributed by atoms with Crippen LogP contribution in [0.15, 0.2) is 47.6 Å². The molecule has 3 aliphatic carbocycles. The maximum absolute atomic E-state index is 12.3. The smallest absolute Gasteiger partial charge is 0.434 e. The molecular weight excluding hydrogens is 693 g/mol. The second kappa shape index (κ2) is 17.8. The van der Waals surface area contributed by atoms with E-state index in [4.69, 9.17) is 18.3 Å². The highest BCUT2D eigenvalue weighted by Crippen LogP contribution is 2.59. The predicted molar refractivity (Wildman–Crippen MR) is 227 cm³/mol. The van der Waals surface area contributed by atoms with E-state index in [2.05, 4.69) is 113 Å². The maximum atomic E-state index is 12.3. The Morgan fingerprint density at radius 1 is 0.962 bits per heavy atom. The molecule has 0 spiro atoms. The van der Waals surface area contributed by atoms with Crippen LogP contribution in [0.5, 0.6) is 0 Å². The molecule has 6 nitrogen and oxygen atoms in total. The van der Waals surface area contributed by atoms with E-state index in [1.165, 1.54) is 24.8 Å². The van der Waals surface area contributed by atoms with Crippen molar-refractivity contribution in [3.63, 3.8) is 0 Å². The van der Waals surface area contributed by atoms with Gasteiger partial charge >= 0.3 is 6.16 Å². The third-order valence-corrected chi connectivity index (χ3v) is 23.1. The van der Waals surface area contributed by atoms with Crippen LogP contribution in [0.1, 0.15) is 140 Å². The Bertz CT molecular complexity index is 1350. The quantitative estimate of drug-likeness (QED) is 0.0820. The van der Waals surface area contributed by atoms with E-state index in [-0.39, 0.29) is 33.6 Å². The van der Waals surface area contributed by atoms with Crippen LogP contribution in [0, 0.1) is 23.2 Å². The summed E-state index contributed by atoms with van der Waals surface area (Å²) in [5.74, 6) is 1.33. The zero-order chi connectivity index (χ0) is 40.2. The van der Waals surface area contributed by atoms with Crippen LogP contribution in [-0.2, 0) is 18.3 Å². The zero-order valence-corrected chi connectivity index (χ0v) is 38.7. The van der Waals surface area contributed by atoms with Gasteiger partial charge in [-0.1, -0.05) is 112 Å². The van der Waals surface area contributed by atoms with Crippen molar-refractivity contribution in [2.45, 2.75) is 201 Å².